The summed E-state index contributed by atoms with van der Waals surface area (Å²) in [6.45, 7) is 0. The lowest BCUT2D eigenvalue weighted by atomic mass is 9.98. The molecule has 0 aliphatic carbocycles. The monoisotopic (exact) mass is 507 g/mol. The highest BCUT2D eigenvalue weighted by atomic mass is 32.2. The minimum absolute atomic E-state index is 0.0846. The molecule has 1 unspecified atom stereocenters. The van der Waals surface area contributed by atoms with Gasteiger partial charge in [0.2, 0.25) is 5.91 Å². The zero-order valence-electron chi connectivity index (χ0n) is 17.0. The third-order valence-corrected chi connectivity index (χ3v) is 7.95. The minimum Gasteiger partial charge on any atom is -0.477 e. The molecule has 0 spiro atoms. The zero-order valence-corrected chi connectivity index (χ0v) is 19.4. The van der Waals surface area contributed by atoms with E-state index in [9.17, 15) is 19.5 Å². The van der Waals surface area contributed by atoms with Crippen LogP contribution in [0.2, 0.25) is 0 Å². The first-order valence-electron chi connectivity index (χ1n) is 9.31. The van der Waals surface area contributed by atoms with E-state index in [1.165, 1.54) is 41.9 Å². The molecule has 4 heterocycles. The van der Waals surface area contributed by atoms with Crippen LogP contribution < -0.4 is 11.1 Å². The number of hydrogen-bond donors (Lipinski definition) is 3. The van der Waals surface area contributed by atoms with Gasteiger partial charge in [0, 0.05) is 22.9 Å². The first-order valence-corrected chi connectivity index (χ1v) is 12.1. The van der Waals surface area contributed by atoms with E-state index in [2.05, 4.69) is 30.3 Å². The molecule has 2 aliphatic heterocycles. The number of aromatic nitrogens is 3. The Morgan fingerprint density at radius 3 is 2.97 bits per heavy atom. The Labute approximate surface area is 199 Å². The quantitative estimate of drug-likeness (QED) is 0.152. The van der Waals surface area contributed by atoms with Crippen molar-refractivity contribution < 1.29 is 24.3 Å². The van der Waals surface area contributed by atoms with E-state index >= 15 is 0 Å². The summed E-state index contributed by atoms with van der Waals surface area (Å²) in [5, 5.41) is 18.4. The molecular formula is C18H17N7O5S3. The number of nitrogens with zero attached hydrogens (tertiary/aromatic N) is 5. The first-order chi connectivity index (χ1) is 15.9. The van der Waals surface area contributed by atoms with Gasteiger partial charge in [0.1, 0.15) is 25.3 Å². The second-order valence-corrected chi connectivity index (χ2v) is 9.95. The largest absolute Gasteiger partial charge is 0.477 e. The van der Waals surface area contributed by atoms with Crippen LogP contribution >= 0.6 is 34.9 Å². The number of carboxylic acid groups (broad SMARTS) is 1. The van der Waals surface area contributed by atoms with Gasteiger partial charge in [0.25, 0.3) is 5.91 Å². The van der Waals surface area contributed by atoms with Crippen molar-refractivity contribution in [1.82, 2.24) is 25.2 Å². The third-order valence-electron chi connectivity index (χ3n) is 4.75. The number of aliphatic carboxylic acids is 1. The molecule has 0 saturated carbocycles. The van der Waals surface area contributed by atoms with Gasteiger partial charge >= 0.3 is 5.97 Å². The summed E-state index contributed by atoms with van der Waals surface area (Å²) in [7, 11) is 1.29. The summed E-state index contributed by atoms with van der Waals surface area (Å²) in [4.78, 5) is 54.3. The van der Waals surface area contributed by atoms with Crippen molar-refractivity contribution in [2.75, 3.05) is 18.6 Å². The van der Waals surface area contributed by atoms with Crippen molar-refractivity contribution in [3.05, 3.63) is 40.9 Å². The predicted octanol–water partition coefficient (Wildman–Crippen LogP) is 0.853. The Morgan fingerprint density at radius 1 is 1.55 bits per heavy atom. The maximum atomic E-state index is 12.7. The standard InChI is InChI=1S/C18H17N7O5S3/c1-30-22-5-11(26)24-18(10-7-32-17(19)23-10)9(6-31-12-2-3-20-8-21-12)15(16(28)29)25-13(27)4-14(25)33-18/h2-3,5,7-8,14H,4,6H2,1H3,(H2,19,23)(H,24,26)(H,28,29)/t14-,18?/m0/s1. The Bertz CT molecular complexity index is 1160. The summed E-state index contributed by atoms with van der Waals surface area (Å²) >= 11 is 3.61. The van der Waals surface area contributed by atoms with E-state index < -0.39 is 22.1 Å². The lowest BCUT2D eigenvalue weighted by Crippen LogP contribution is -2.61. The van der Waals surface area contributed by atoms with Gasteiger partial charge in [-0.1, -0.05) is 16.9 Å². The van der Waals surface area contributed by atoms with E-state index in [-0.39, 0.29) is 34.5 Å². The Hall–Kier alpha value is -3.17. The number of rotatable bonds is 8. The molecule has 2 aromatic heterocycles. The van der Waals surface area contributed by atoms with E-state index in [1.807, 2.05) is 0 Å². The van der Waals surface area contributed by atoms with Gasteiger partial charge in [-0.3, -0.25) is 14.5 Å². The number of β-lactam (4-membered cyclic amide) rings is 1. The SMILES string of the molecule is CON=CC(=O)NC1(c2csc(N)n2)S[C@H]2CC(=O)N2C(C(=O)O)=C1CSc1ccncn1. The van der Waals surface area contributed by atoms with Crippen LogP contribution in [0.1, 0.15) is 12.1 Å². The van der Waals surface area contributed by atoms with E-state index in [4.69, 9.17) is 5.73 Å². The van der Waals surface area contributed by atoms with Crippen molar-refractivity contribution >= 4 is 64.0 Å². The number of anilines is 1. The number of nitrogens with two attached hydrogens (primary N) is 1. The van der Waals surface area contributed by atoms with Crippen molar-refractivity contribution in [3.8, 4) is 0 Å². The highest BCUT2D eigenvalue weighted by Gasteiger charge is 2.56. The molecule has 2 aromatic rings. The van der Waals surface area contributed by atoms with E-state index in [1.54, 1.807) is 17.6 Å². The lowest BCUT2D eigenvalue weighted by Gasteiger charge is -2.51. The summed E-state index contributed by atoms with van der Waals surface area (Å²) in [6.07, 6.45) is 3.99. The normalized spacial score (nSPS) is 22.2. The minimum atomic E-state index is -1.42. The number of amides is 2. The van der Waals surface area contributed by atoms with Gasteiger partial charge in [-0.05, 0) is 6.07 Å². The van der Waals surface area contributed by atoms with E-state index in [0.29, 0.717) is 10.7 Å². The molecule has 0 radical (unpaired) electrons. The van der Waals surface area contributed by atoms with Crippen LogP contribution in [-0.4, -0.2) is 67.2 Å². The zero-order chi connectivity index (χ0) is 23.6. The summed E-state index contributed by atoms with van der Waals surface area (Å²) in [6, 6.07) is 1.67. The molecule has 12 nitrogen and oxygen atoms in total. The van der Waals surface area contributed by atoms with Gasteiger partial charge in [-0.25, -0.2) is 19.7 Å². The molecule has 1 fully saturated rings. The number of nitrogens with one attached hydrogen (secondary N) is 1. The number of carbonyl (C=O) groups excluding carboxylic acids is 2. The molecule has 0 bridgehead atoms. The van der Waals surface area contributed by atoms with E-state index in [0.717, 1.165) is 17.6 Å². The molecule has 4 rings (SSSR count). The number of nitrogen functional groups attached to an aromatic ring is 1. The number of oxime groups is 1. The van der Waals surface area contributed by atoms with Gasteiger partial charge in [0.05, 0.1) is 22.5 Å². The smallest absolute Gasteiger partial charge is 0.352 e. The molecular weight excluding hydrogens is 490 g/mol. The Balaban J connectivity index is 1.87. The fraction of sp³-hybridized carbons (Fsp3) is 0.278. The molecule has 15 heteroatoms. The predicted molar refractivity (Wildman–Crippen MR) is 122 cm³/mol. The second kappa shape index (κ2) is 9.36. The molecule has 33 heavy (non-hydrogen) atoms. The lowest BCUT2D eigenvalue weighted by molar-refractivity contribution is -0.146. The van der Waals surface area contributed by atoms with Crippen LogP contribution in [0.3, 0.4) is 0 Å². The highest BCUT2D eigenvalue weighted by molar-refractivity contribution is 8.01. The second-order valence-electron chi connectivity index (χ2n) is 6.67. The maximum absolute atomic E-state index is 12.7. The van der Waals surface area contributed by atoms with Crippen molar-refractivity contribution in [1.29, 1.82) is 0 Å². The van der Waals surface area contributed by atoms with Gasteiger partial charge in [0.15, 0.2) is 10.0 Å². The molecule has 2 amide bonds. The first kappa shape index (κ1) is 23.0. The molecule has 172 valence electrons. The Kier molecular flexibility index (Phi) is 6.53. The molecule has 2 aliphatic rings. The summed E-state index contributed by atoms with van der Waals surface area (Å²) < 4.78 is 0. The van der Waals surface area contributed by atoms with Crippen LogP contribution in [0.25, 0.3) is 0 Å². The van der Waals surface area contributed by atoms with Crippen LogP contribution in [-0.2, 0) is 24.1 Å². The maximum Gasteiger partial charge on any atom is 0.352 e. The summed E-state index contributed by atoms with van der Waals surface area (Å²) in [5.41, 5.74) is 6.29. The average molecular weight is 508 g/mol. The molecule has 1 saturated heterocycles. The van der Waals surface area contributed by atoms with Gasteiger partial charge in [-0.15, -0.1) is 23.1 Å². The number of carbonyl (C=O) groups is 3. The number of hydrogen-bond acceptors (Lipinski definition) is 12. The van der Waals surface area contributed by atoms with Gasteiger partial charge in [-0.2, -0.15) is 0 Å². The third kappa shape index (κ3) is 4.38. The number of thiazole rings is 1. The topological polar surface area (TPSA) is 173 Å². The number of fused-ring (bicyclic) bond motifs is 1. The number of thioether (sulfide) groups is 2. The van der Waals surface area contributed by atoms with Gasteiger partial charge < -0.3 is 21.0 Å². The summed E-state index contributed by atoms with van der Waals surface area (Å²) in [5.74, 6) is -2.15. The van der Waals surface area contributed by atoms with Crippen LogP contribution in [0.4, 0.5) is 5.13 Å². The van der Waals surface area contributed by atoms with Crippen molar-refractivity contribution in [3.63, 3.8) is 0 Å². The fourth-order valence-corrected chi connectivity index (χ4v) is 6.75. The molecule has 2 atom stereocenters. The number of carboxylic acids is 1. The van der Waals surface area contributed by atoms with Crippen LogP contribution in [0, 0.1) is 0 Å². The molecule has 0 aromatic carbocycles. The van der Waals surface area contributed by atoms with Crippen LogP contribution in [0.15, 0.2) is 45.4 Å². The van der Waals surface area contributed by atoms with Crippen LogP contribution in [0.5, 0.6) is 0 Å². The highest BCUT2D eigenvalue weighted by Crippen LogP contribution is 2.54. The van der Waals surface area contributed by atoms with Crippen molar-refractivity contribution in [2.45, 2.75) is 21.7 Å². The fourth-order valence-electron chi connectivity index (χ4n) is 3.39. The van der Waals surface area contributed by atoms with Crippen molar-refractivity contribution in [2.24, 2.45) is 5.16 Å². The Morgan fingerprint density at radius 2 is 2.36 bits per heavy atom. The molecule has 4 N–H and O–H groups in total. The average Bonchev–Trinajstić information content (AvgIpc) is 3.23.